The van der Waals surface area contributed by atoms with Gasteiger partial charge in [-0.1, -0.05) is 46.6 Å². The third kappa shape index (κ3) is 4.24. The van der Waals surface area contributed by atoms with Crippen LogP contribution < -0.4 is 10.5 Å². The van der Waals surface area contributed by atoms with Crippen molar-refractivity contribution in [3.8, 4) is 28.5 Å². The van der Waals surface area contributed by atoms with Crippen LogP contribution in [0.25, 0.3) is 22.7 Å². The second-order valence-corrected chi connectivity index (χ2v) is 8.15. The number of aromatic nitrogens is 2. The van der Waals surface area contributed by atoms with Crippen molar-refractivity contribution in [1.82, 2.24) is 9.72 Å². The van der Waals surface area contributed by atoms with E-state index in [9.17, 15) is 4.79 Å². The number of amides is 1. The number of hydrogen-bond donors (Lipinski definition) is 1. The van der Waals surface area contributed by atoms with Crippen LogP contribution in [0.15, 0.2) is 59.1 Å². The lowest BCUT2D eigenvalue weighted by Crippen LogP contribution is -2.13. The molecule has 6 nitrogen and oxygen atoms in total. The number of hydrogen-bond acceptors (Lipinski definition) is 4. The molecule has 0 saturated carbocycles. The molecule has 0 atom stereocenters. The summed E-state index contributed by atoms with van der Waals surface area (Å²) in [5.41, 5.74) is 9.82. The summed E-state index contributed by atoms with van der Waals surface area (Å²) in [7, 11) is 1.65. The van der Waals surface area contributed by atoms with Crippen LogP contribution in [0, 0.1) is 6.92 Å². The summed E-state index contributed by atoms with van der Waals surface area (Å²) in [6, 6.07) is 16.5. The normalized spacial score (nSPS) is 11.0. The largest absolute Gasteiger partial charge is 0.496 e. The number of carbonyl (C=O) groups excluding carboxylic acids is 1. The molecule has 2 aromatic heterocycles. The van der Waals surface area contributed by atoms with E-state index in [1.54, 1.807) is 37.4 Å². The standard InChI is InChI=1S/C24H21Cl2N3O3/c1-14-18(24(27)30)12-21(29(14)10-9-15-5-3-4-6-22(15)31-2)23-13-20(28-32-23)17-8-7-16(25)11-19(17)26/h3-8,11-13H,9-10H2,1-2H3,(H2,27,30). The number of aryl methyl sites for hydroxylation is 1. The van der Waals surface area contributed by atoms with E-state index in [2.05, 4.69) is 5.16 Å². The van der Waals surface area contributed by atoms with Crippen LogP contribution in [0.1, 0.15) is 21.6 Å². The Morgan fingerprint density at radius 3 is 2.66 bits per heavy atom. The number of halogens is 2. The van der Waals surface area contributed by atoms with Gasteiger partial charge in [0.2, 0.25) is 0 Å². The quantitative estimate of drug-likeness (QED) is 0.372. The number of primary amides is 1. The zero-order chi connectivity index (χ0) is 22.8. The first-order valence-electron chi connectivity index (χ1n) is 9.93. The van der Waals surface area contributed by atoms with Gasteiger partial charge in [-0.05, 0) is 49.2 Å². The van der Waals surface area contributed by atoms with Crippen LogP contribution >= 0.6 is 23.2 Å². The summed E-state index contributed by atoms with van der Waals surface area (Å²) in [4.78, 5) is 12.0. The van der Waals surface area contributed by atoms with Crippen LogP contribution in [-0.2, 0) is 13.0 Å². The Morgan fingerprint density at radius 2 is 1.94 bits per heavy atom. The van der Waals surface area contributed by atoms with Crippen LogP contribution in [0.5, 0.6) is 5.75 Å². The first kappa shape index (κ1) is 22.0. The smallest absolute Gasteiger partial charge is 0.250 e. The average Bonchev–Trinajstić information content (AvgIpc) is 3.37. The Hall–Kier alpha value is -3.22. The lowest BCUT2D eigenvalue weighted by molar-refractivity contribution is 0.0999. The second-order valence-electron chi connectivity index (χ2n) is 7.31. The maximum atomic E-state index is 12.0. The zero-order valence-electron chi connectivity index (χ0n) is 17.6. The lowest BCUT2D eigenvalue weighted by atomic mass is 10.1. The van der Waals surface area contributed by atoms with Gasteiger partial charge in [0.25, 0.3) is 5.91 Å². The van der Waals surface area contributed by atoms with Gasteiger partial charge in [0, 0.05) is 28.9 Å². The SMILES string of the molecule is COc1ccccc1CCn1c(-c2cc(-c3ccc(Cl)cc3Cl)no2)cc(C(N)=O)c1C. The van der Waals surface area contributed by atoms with E-state index in [0.717, 1.165) is 17.0 Å². The molecule has 2 heterocycles. The van der Waals surface area contributed by atoms with Crippen molar-refractivity contribution in [2.45, 2.75) is 19.9 Å². The molecule has 0 aliphatic heterocycles. The maximum absolute atomic E-state index is 12.0. The molecule has 0 bridgehead atoms. The minimum Gasteiger partial charge on any atom is -0.496 e. The summed E-state index contributed by atoms with van der Waals surface area (Å²) < 4.78 is 13.1. The highest BCUT2D eigenvalue weighted by molar-refractivity contribution is 6.36. The molecule has 0 saturated heterocycles. The molecular weight excluding hydrogens is 449 g/mol. The number of methoxy groups -OCH3 is 1. The molecule has 0 spiro atoms. The fraction of sp³-hybridized carbons (Fsp3) is 0.167. The summed E-state index contributed by atoms with van der Waals surface area (Å²) in [6.45, 7) is 2.45. The fourth-order valence-corrected chi connectivity index (χ4v) is 4.25. The fourth-order valence-electron chi connectivity index (χ4n) is 3.75. The van der Waals surface area contributed by atoms with E-state index in [1.165, 1.54) is 0 Å². The lowest BCUT2D eigenvalue weighted by Gasteiger charge is -2.12. The minimum atomic E-state index is -0.500. The molecule has 164 valence electrons. The molecule has 0 fully saturated rings. The molecule has 0 unspecified atom stereocenters. The number of carbonyl (C=O) groups is 1. The first-order chi connectivity index (χ1) is 15.4. The summed E-state index contributed by atoms with van der Waals surface area (Å²) in [5.74, 6) is 0.815. The number of ether oxygens (including phenoxy) is 1. The van der Waals surface area contributed by atoms with Crippen LogP contribution in [0.4, 0.5) is 0 Å². The average molecular weight is 470 g/mol. The molecule has 32 heavy (non-hydrogen) atoms. The Bertz CT molecular complexity index is 1290. The van der Waals surface area contributed by atoms with E-state index in [0.29, 0.717) is 51.3 Å². The number of benzene rings is 2. The van der Waals surface area contributed by atoms with Crippen molar-refractivity contribution in [2.24, 2.45) is 5.73 Å². The van der Waals surface area contributed by atoms with E-state index in [-0.39, 0.29) is 0 Å². The third-order valence-corrected chi connectivity index (χ3v) is 5.95. The van der Waals surface area contributed by atoms with Crippen molar-refractivity contribution >= 4 is 29.1 Å². The monoisotopic (exact) mass is 469 g/mol. The molecular formula is C24H21Cl2N3O3. The van der Waals surface area contributed by atoms with E-state index in [4.69, 9.17) is 38.2 Å². The van der Waals surface area contributed by atoms with Gasteiger partial charge in [-0.2, -0.15) is 0 Å². The van der Waals surface area contributed by atoms with Crippen molar-refractivity contribution in [2.75, 3.05) is 7.11 Å². The number of nitrogens with two attached hydrogens (primary N) is 1. The highest BCUT2D eigenvalue weighted by atomic mass is 35.5. The maximum Gasteiger partial charge on any atom is 0.250 e. The van der Waals surface area contributed by atoms with Gasteiger partial charge in [0.15, 0.2) is 5.76 Å². The molecule has 8 heteroatoms. The van der Waals surface area contributed by atoms with Crippen LogP contribution in [0.3, 0.4) is 0 Å². The predicted molar refractivity (Wildman–Crippen MR) is 125 cm³/mol. The van der Waals surface area contributed by atoms with E-state index < -0.39 is 5.91 Å². The molecule has 4 rings (SSSR count). The molecule has 0 aliphatic carbocycles. The summed E-state index contributed by atoms with van der Waals surface area (Å²) >= 11 is 12.3. The summed E-state index contributed by atoms with van der Waals surface area (Å²) in [5, 5.41) is 5.18. The Kier molecular flexibility index (Phi) is 6.26. The molecule has 4 aromatic rings. The molecule has 0 aliphatic rings. The predicted octanol–water partition coefficient (Wildman–Crippen LogP) is 5.78. The second kappa shape index (κ2) is 9.10. The van der Waals surface area contributed by atoms with Gasteiger partial charge in [-0.15, -0.1) is 0 Å². The van der Waals surface area contributed by atoms with Crippen LogP contribution in [-0.4, -0.2) is 22.7 Å². The Labute approximate surface area is 195 Å². The topological polar surface area (TPSA) is 83.3 Å². The Balaban J connectivity index is 1.72. The molecule has 0 radical (unpaired) electrons. The first-order valence-corrected chi connectivity index (χ1v) is 10.7. The molecule has 1 amide bonds. The summed E-state index contributed by atoms with van der Waals surface area (Å²) in [6.07, 6.45) is 0.689. The number of para-hydroxylation sites is 1. The highest BCUT2D eigenvalue weighted by Gasteiger charge is 2.21. The van der Waals surface area contributed by atoms with E-state index in [1.807, 2.05) is 35.8 Å². The van der Waals surface area contributed by atoms with Gasteiger partial charge in [0.1, 0.15) is 11.4 Å². The molecule has 2 aromatic carbocycles. The Morgan fingerprint density at radius 1 is 1.16 bits per heavy atom. The minimum absolute atomic E-state index is 0.433. The highest BCUT2D eigenvalue weighted by Crippen LogP contribution is 2.34. The number of rotatable bonds is 7. The van der Waals surface area contributed by atoms with Crippen molar-refractivity contribution in [3.05, 3.63) is 81.5 Å². The van der Waals surface area contributed by atoms with Crippen LogP contribution in [0.2, 0.25) is 10.0 Å². The van der Waals surface area contributed by atoms with Gasteiger partial charge in [-0.3, -0.25) is 4.79 Å². The van der Waals surface area contributed by atoms with E-state index >= 15 is 0 Å². The van der Waals surface area contributed by atoms with Gasteiger partial charge >= 0.3 is 0 Å². The van der Waals surface area contributed by atoms with Crippen molar-refractivity contribution < 1.29 is 14.1 Å². The van der Waals surface area contributed by atoms with Crippen molar-refractivity contribution in [1.29, 1.82) is 0 Å². The van der Waals surface area contributed by atoms with Gasteiger partial charge in [-0.25, -0.2) is 0 Å². The zero-order valence-corrected chi connectivity index (χ0v) is 19.1. The van der Waals surface area contributed by atoms with Gasteiger partial charge in [0.05, 0.1) is 23.4 Å². The molecule has 2 N–H and O–H groups in total. The van der Waals surface area contributed by atoms with Gasteiger partial charge < -0.3 is 19.6 Å². The van der Waals surface area contributed by atoms with Crippen molar-refractivity contribution in [3.63, 3.8) is 0 Å². The number of nitrogens with zero attached hydrogens (tertiary/aromatic N) is 2. The third-order valence-electron chi connectivity index (χ3n) is 5.40.